The molecule has 4 heteroatoms. The average Bonchev–Trinajstić information content (AvgIpc) is 1.82. The molecule has 0 aliphatic rings. The molecule has 0 amide bonds. The second kappa shape index (κ2) is 3.33. The maximum Gasteiger partial charge on any atom is 0.162 e. The summed E-state index contributed by atoms with van der Waals surface area (Å²) in [5.41, 5.74) is 0.246. The minimum absolute atomic E-state index is 0.0463. The van der Waals surface area contributed by atoms with Gasteiger partial charge in [-0.1, -0.05) is 23.2 Å². The molecule has 0 radical (unpaired) electrons. The Morgan fingerprint density at radius 1 is 1.33 bits per heavy atom. The Labute approximate surface area is 79.7 Å². The number of hydrogen-bond donors (Lipinski definition) is 1. The molecule has 0 aromatic heterocycles. The number of phenolic OH excluding ortho intramolecular Hbond substituents is 1. The van der Waals surface area contributed by atoms with Crippen molar-refractivity contribution in [3.05, 3.63) is 27.7 Å². The van der Waals surface area contributed by atoms with Crippen LogP contribution >= 0.6 is 23.2 Å². The summed E-state index contributed by atoms with van der Waals surface area (Å²) in [7, 11) is 0. The maximum absolute atomic E-state index is 10.9. The summed E-state index contributed by atoms with van der Waals surface area (Å²) < 4.78 is 0. The van der Waals surface area contributed by atoms with Crippen LogP contribution in [0.15, 0.2) is 12.1 Å². The van der Waals surface area contributed by atoms with E-state index in [1.807, 2.05) is 0 Å². The highest BCUT2D eigenvalue weighted by molar-refractivity contribution is 6.39. The number of ketones is 1. The third-order valence-corrected chi connectivity index (χ3v) is 1.98. The largest absolute Gasteiger partial charge is 0.508 e. The van der Waals surface area contributed by atoms with E-state index in [4.69, 9.17) is 28.3 Å². The van der Waals surface area contributed by atoms with Crippen LogP contribution in [0, 0.1) is 0 Å². The molecule has 2 nitrogen and oxygen atoms in total. The molecule has 1 N–H and O–H groups in total. The second-order valence-corrected chi connectivity index (χ2v) is 3.16. The van der Waals surface area contributed by atoms with Crippen LogP contribution in [-0.4, -0.2) is 10.9 Å². The first-order chi connectivity index (χ1) is 5.52. The fourth-order valence-corrected chi connectivity index (χ4v) is 1.64. The Hall–Kier alpha value is -0.730. The summed E-state index contributed by atoms with van der Waals surface area (Å²) in [6, 6.07) is 2.56. The standard InChI is InChI=1S/C8H6Cl2O2/c1-4(11)8-6(9)2-5(12)3-7(8)10/h2-3,12H,1H3. The number of aromatic hydroxyl groups is 1. The molecule has 0 bridgehead atoms. The number of carbonyl (C=O) groups is 1. The van der Waals surface area contributed by atoms with Gasteiger partial charge < -0.3 is 5.11 Å². The average molecular weight is 205 g/mol. The zero-order chi connectivity index (χ0) is 9.30. The summed E-state index contributed by atoms with van der Waals surface area (Å²) in [5, 5.41) is 9.37. The van der Waals surface area contributed by atoms with E-state index in [0.29, 0.717) is 0 Å². The van der Waals surface area contributed by atoms with E-state index < -0.39 is 0 Å². The summed E-state index contributed by atoms with van der Waals surface area (Å²) >= 11 is 11.3. The Kier molecular flexibility index (Phi) is 2.60. The minimum Gasteiger partial charge on any atom is -0.508 e. The predicted octanol–water partition coefficient (Wildman–Crippen LogP) is 2.90. The Bertz CT molecular complexity index is 311. The van der Waals surface area contributed by atoms with Crippen molar-refractivity contribution in [2.75, 3.05) is 0 Å². The first-order valence-corrected chi connectivity index (χ1v) is 3.97. The van der Waals surface area contributed by atoms with Crippen LogP contribution in [0.3, 0.4) is 0 Å². The second-order valence-electron chi connectivity index (χ2n) is 2.34. The van der Waals surface area contributed by atoms with E-state index in [0.717, 1.165) is 0 Å². The molecule has 0 fully saturated rings. The van der Waals surface area contributed by atoms with Gasteiger partial charge in [0.25, 0.3) is 0 Å². The van der Waals surface area contributed by atoms with Gasteiger partial charge in [0.1, 0.15) is 5.75 Å². The van der Waals surface area contributed by atoms with Gasteiger partial charge in [-0.2, -0.15) is 0 Å². The maximum atomic E-state index is 10.9. The van der Waals surface area contributed by atoms with E-state index in [1.165, 1.54) is 19.1 Å². The molecule has 12 heavy (non-hydrogen) atoms. The van der Waals surface area contributed by atoms with Crippen LogP contribution in [0.1, 0.15) is 17.3 Å². The van der Waals surface area contributed by atoms with Crippen molar-refractivity contribution >= 4 is 29.0 Å². The molecule has 0 aliphatic carbocycles. The summed E-state index contributed by atoms with van der Waals surface area (Å²) in [4.78, 5) is 10.9. The van der Waals surface area contributed by atoms with Crippen LogP contribution in [0.4, 0.5) is 0 Å². The van der Waals surface area contributed by atoms with E-state index in [-0.39, 0.29) is 27.1 Å². The molecule has 1 aromatic carbocycles. The minimum atomic E-state index is -0.218. The number of phenols is 1. The van der Waals surface area contributed by atoms with Crippen LogP contribution in [0.5, 0.6) is 5.75 Å². The van der Waals surface area contributed by atoms with Crippen molar-refractivity contribution in [1.82, 2.24) is 0 Å². The lowest BCUT2D eigenvalue weighted by molar-refractivity contribution is 0.101. The summed E-state index contributed by atoms with van der Waals surface area (Å²) in [5.74, 6) is -0.264. The molecule has 0 saturated carbocycles. The summed E-state index contributed by atoms with van der Waals surface area (Å²) in [6.45, 7) is 1.37. The number of benzene rings is 1. The molecule has 0 aliphatic heterocycles. The van der Waals surface area contributed by atoms with Crippen molar-refractivity contribution in [3.63, 3.8) is 0 Å². The number of Topliss-reactive ketones (excluding diaryl/α,β-unsaturated/α-hetero) is 1. The molecule has 0 spiro atoms. The van der Waals surface area contributed by atoms with Crippen molar-refractivity contribution in [1.29, 1.82) is 0 Å². The fourth-order valence-electron chi connectivity index (χ4n) is 0.896. The lowest BCUT2D eigenvalue weighted by Crippen LogP contribution is -1.94. The quantitative estimate of drug-likeness (QED) is 0.715. The SMILES string of the molecule is CC(=O)c1c(Cl)cc(O)cc1Cl. The Morgan fingerprint density at radius 2 is 1.75 bits per heavy atom. The Morgan fingerprint density at radius 3 is 2.08 bits per heavy atom. The van der Waals surface area contributed by atoms with Crippen molar-refractivity contribution in [2.45, 2.75) is 6.92 Å². The van der Waals surface area contributed by atoms with Gasteiger partial charge in [0.2, 0.25) is 0 Å². The number of halogens is 2. The highest BCUT2D eigenvalue weighted by atomic mass is 35.5. The number of rotatable bonds is 1. The van der Waals surface area contributed by atoms with E-state index in [1.54, 1.807) is 0 Å². The zero-order valence-corrected chi connectivity index (χ0v) is 7.78. The smallest absolute Gasteiger partial charge is 0.162 e. The van der Waals surface area contributed by atoms with Gasteiger partial charge in [0, 0.05) is 0 Å². The molecule has 0 unspecified atom stereocenters. The van der Waals surface area contributed by atoms with Crippen LogP contribution in [0.25, 0.3) is 0 Å². The summed E-state index contributed by atoms with van der Waals surface area (Å²) in [6.07, 6.45) is 0. The first kappa shape index (κ1) is 9.36. The van der Waals surface area contributed by atoms with Gasteiger partial charge in [-0.3, -0.25) is 4.79 Å². The van der Waals surface area contributed by atoms with Crippen molar-refractivity contribution < 1.29 is 9.90 Å². The lowest BCUT2D eigenvalue weighted by Gasteiger charge is -2.02. The number of hydrogen-bond acceptors (Lipinski definition) is 2. The molecular formula is C8H6Cl2O2. The topological polar surface area (TPSA) is 37.3 Å². The molecule has 0 atom stereocenters. The highest BCUT2D eigenvalue weighted by Gasteiger charge is 2.11. The normalized spacial score (nSPS) is 9.92. The van der Waals surface area contributed by atoms with Crippen LogP contribution in [0.2, 0.25) is 10.0 Å². The third kappa shape index (κ3) is 1.71. The van der Waals surface area contributed by atoms with Crippen molar-refractivity contribution in [3.8, 4) is 5.75 Å². The first-order valence-electron chi connectivity index (χ1n) is 3.21. The highest BCUT2D eigenvalue weighted by Crippen LogP contribution is 2.29. The number of carbonyl (C=O) groups excluding carboxylic acids is 1. The van der Waals surface area contributed by atoms with Crippen LogP contribution < -0.4 is 0 Å². The van der Waals surface area contributed by atoms with Gasteiger partial charge in [-0.05, 0) is 19.1 Å². The lowest BCUT2D eigenvalue weighted by atomic mass is 10.1. The molecule has 0 heterocycles. The van der Waals surface area contributed by atoms with Gasteiger partial charge in [-0.15, -0.1) is 0 Å². The van der Waals surface area contributed by atoms with Gasteiger partial charge in [0.05, 0.1) is 15.6 Å². The third-order valence-electron chi connectivity index (χ3n) is 1.38. The van der Waals surface area contributed by atoms with E-state index in [9.17, 15) is 4.79 Å². The van der Waals surface area contributed by atoms with Crippen molar-refractivity contribution in [2.24, 2.45) is 0 Å². The van der Waals surface area contributed by atoms with Crippen LogP contribution in [-0.2, 0) is 0 Å². The van der Waals surface area contributed by atoms with E-state index >= 15 is 0 Å². The molecule has 64 valence electrons. The monoisotopic (exact) mass is 204 g/mol. The molecule has 0 saturated heterocycles. The van der Waals surface area contributed by atoms with Gasteiger partial charge in [-0.25, -0.2) is 0 Å². The Balaban J connectivity index is 3.38. The van der Waals surface area contributed by atoms with Gasteiger partial charge >= 0.3 is 0 Å². The fraction of sp³-hybridized carbons (Fsp3) is 0.125. The molecule has 1 aromatic rings. The molecular weight excluding hydrogens is 199 g/mol. The van der Waals surface area contributed by atoms with Gasteiger partial charge in [0.15, 0.2) is 5.78 Å². The molecule has 1 rings (SSSR count). The predicted molar refractivity (Wildman–Crippen MR) is 48.1 cm³/mol. The van der Waals surface area contributed by atoms with E-state index in [2.05, 4.69) is 0 Å². The zero-order valence-electron chi connectivity index (χ0n) is 6.27.